The summed E-state index contributed by atoms with van der Waals surface area (Å²) in [7, 11) is -0.631. The number of hydrogen-bond acceptors (Lipinski definition) is 3. The summed E-state index contributed by atoms with van der Waals surface area (Å²) < 4.78 is 27.7. The van der Waals surface area contributed by atoms with Crippen LogP contribution in [0.4, 0.5) is 4.39 Å². The summed E-state index contributed by atoms with van der Waals surface area (Å²) in [5, 5.41) is 10.6. The number of benzene rings is 1. The van der Waals surface area contributed by atoms with Crippen LogP contribution in [-0.2, 0) is 9.31 Å². The smallest absolute Gasteiger partial charge is 0.399 e. The molecule has 2 aromatic rings. The van der Waals surface area contributed by atoms with Gasteiger partial charge in [-0.05, 0) is 63.7 Å². The average molecular weight is 305 g/mol. The first-order valence-electron chi connectivity index (χ1n) is 7.46. The van der Waals surface area contributed by atoms with E-state index in [0.717, 1.165) is 5.39 Å². The molecule has 0 spiro atoms. The molecule has 1 aliphatic rings. The van der Waals surface area contributed by atoms with Crippen LogP contribution in [0.3, 0.4) is 0 Å². The molecule has 1 unspecified atom stereocenters. The van der Waals surface area contributed by atoms with Gasteiger partial charge in [0.25, 0.3) is 0 Å². The standard InChI is InChI=1S/C16H21BFNO3/c1-10(20)19-7-6-12-13(8-11(18)9-14(12)19)17-21-15(2,3)16(4,5)22-17/h6-10,20H,1-5H3. The Morgan fingerprint density at radius 2 is 1.77 bits per heavy atom. The van der Waals surface area contributed by atoms with Crippen LogP contribution in [-0.4, -0.2) is 28.0 Å². The van der Waals surface area contributed by atoms with Gasteiger partial charge in [0.2, 0.25) is 0 Å². The Hall–Kier alpha value is -1.37. The van der Waals surface area contributed by atoms with E-state index in [1.807, 2.05) is 33.8 Å². The first-order chi connectivity index (χ1) is 10.1. The SMILES string of the molecule is CC(O)n1ccc2c(B3OC(C)(C)C(C)(C)O3)cc(F)cc21. The minimum absolute atomic E-state index is 0.377. The van der Waals surface area contributed by atoms with Gasteiger partial charge in [-0.15, -0.1) is 0 Å². The molecule has 1 aromatic carbocycles. The van der Waals surface area contributed by atoms with E-state index in [9.17, 15) is 9.50 Å². The number of aromatic nitrogens is 1. The molecular formula is C16H21BFNO3. The van der Waals surface area contributed by atoms with Gasteiger partial charge in [0, 0.05) is 6.20 Å². The summed E-state index contributed by atoms with van der Waals surface area (Å²) >= 11 is 0. The number of aliphatic hydroxyl groups excluding tert-OH is 1. The molecule has 0 radical (unpaired) electrons. The number of hydrogen-bond donors (Lipinski definition) is 1. The molecule has 118 valence electrons. The number of nitrogens with zero attached hydrogens (tertiary/aromatic N) is 1. The second kappa shape index (κ2) is 4.81. The second-order valence-electron chi connectivity index (χ2n) is 6.87. The minimum atomic E-state index is -0.731. The number of aliphatic hydroxyl groups is 1. The molecule has 1 aliphatic heterocycles. The Balaban J connectivity index is 2.13. The van der Waals surface area contributed by atoms with Gasteiger partial charge in [0.05, 0.1) is 16.7 Å². The molecule has 1 aromatic heterocycles. The third-order valence-corrected chi connectivity index (χ3v) is 4.74. The topological polar surface area (TPSA) is 43.6 Å². The van der Waals surface area contributed by atoms with Gasteiger partial charge in [0.15, 0.2) is 0 Å². The highest BCUT2D eigenvalue weighted by molar-refractivity contribution is 6.65. The molecule has 6 heteroatoms. The van der Waals surface area contributed by atoms with Crippen molar-refractivity contribution in [1.82, 2.24) is 4.57 Å². The molecular weight excluding hydrogens is 284 g/mol. The van der Waals surface area contributed by atoms with Crippen molar-refractivity contribution in [2.24, 2.45) is 0 Å². The zero-order chi connectivity index (χ0) is 16.3. The van der Waals surface area contributed by atoms with Gasteiger partial charge in [-0.2, -0.15) is 0 Å². The zero-order valence-electron chi connectivity index (χ0n) is 13.6. The number of halogens is 1. The predicted molar refractivity (Wildman–Crippen MR) is 84.5 cm³/mol. The first-order valence-corrected chi connectivity index (χ1v) is 7.46. The van der Waals surface area contributed by atoms with Crippen LogP contribution in [0.1, 0.15) is 40.8 Å². The Labute approximate surface area is 130 Å². The van der Waals surface area contributed by atoms with Gasteiger partial charge in [-0.1, -0.05) is 0 Å². The molecule has 4 nitrogen and oxygen atoms in total. The molecule has 0 amide bonds. The summed E-state index contributed by atoms with van der Waals surface area (Å²) in [4.78, 5) is 0. The fraction of sp³-hybridized carbons (Fsp3) is 0.500. The van der Waals surface area contributed by atoms with Crippen LogP contribution < -0.4 is 5.46 Å². The van der Waals surface area contributed by atoms with E-state index >= 15 is 0 Å². The van der Waals surface area contributed by atoms with Crippen molar-refractivity contribution in [3.05, 3.63) is 30.2 Å². The summed E-state index contributed by atoms with van der Waals surface area (Å²) in [6, 6.07) is 4.70. The minimum Gasteiger partial charge on any atom is -0.399 e. The van der Waals surface area contributed by atoms with Crippen LogP contribution in [0, 0.1) is 5.82 Å². The third-order valence-electron chi connectivity index (χ3n) is 4.74. The van der Waals surface area contributed by atoms with E-state index in [1.54, 1.807) is 17.7 Å². The Morgan fingerprint density at radius 3 is 2.32 bits per heavy atom. The van der Waals surface area contributed by atoms with Crippen LogP contribution in [0.25, 0.3) is 10.9 Å². The van der Waals surface area contributed by atoms with Crippen LogP contribution in [0.5, 0.6) is 0 Å². The van der Waals surface area contributed by atoms with E-state index in [-0.39, 0.29) is 5.82 Å². The fourth-order valence-electron chi connectivity index (χ4n) is 2.75. The third kappa shape index (κ3) is 2.26. The normalized spacial score (nSPS) is 21.5. The molecule has 3 rings (SSSR count). The van der Waals surface area contributed by atoms with E-state index < -0.39 is 24.5 Å². The molecule has 0 bridgehead atoms. The summed E-state index contributed by atoms with van der Waals surface area (Å²) in [6.07, 6.45) is 1.01. The molecule has 1 atom stereocenters. The maximum absolute atomic E-state index is 14.1. The highest BCUT2D eigenvalue weighted by Crippen LogP contribution is 2.37. The average Bonchev–Trinajstić information content (AvgIpc) is 2.87. The van der Waals surface area contributed by atoms with E-state index in [4.69, 9.17) is 9.31 Å². The number of fused-ring (bicyclic) bond motifs is 1. The Kier molecular flexibility index (Phi) is 3.40. The van der Waals surface area contributed by atoms with Crippen molar-refractivity contribution in [1.29, 1.82) is 0 Å². The highest BCUT2D eigenvalue weighted by Gasteiger charge is 2.52. The van der Waals surface area contributed by atoms with Gasteiger partial charge in [0.1, 0.15) is 12.0 Å². The van der Waals surface area contributed by atoms with Crippen molar-refractivity contribution in [2.45, 2.75) is 52.0 Å². The summed E-state index contributed by atoms with van der Waals surface area (Å²) in [5.41, 5.74) is 0.305. The van der Waals surface area contributed by atoms with E-state index in [1.165, 1.54) is 12.1 Å². The van der Waals surface area contributed by atoms with Crippen LogP contribution >= 0.6 is 0 Å². The fourth-order valence-corrected chi connectivity index (χ4v) is 2.75. The van der Waals surface area contributed by atoms with Crippen LogP contribution in [0.15, 0.2) is 24.4 Å². The lowest BCUT2D eigenvalue weighted by Crippen LogP contribution is -2.41. The lowest BCUT2D eigenvalue weighted by molar-refractivity contribution is 0.00578. The van der Waals surface area contributed by atoms with E-state index in [0.29, 0.717) is 11.0 Å². The van der Waals surface area contributed by atoms with Gasteiger partial charge < -0.3 is 19.0 Å². The molecule has 1 N–H and O–H groups in total. The Morgan fingerprint density at radius 1 is 1.18 bits per heavy atom. The number of rotatable bonds is 2. The van der Waals surface area contributed by atoms with E-state index in [2.05, 4.69) is 0 Å². The van der Waals surface area contributed by atoms with Crippen molar-refractivity contribution in [3.8, 4) is 0 Å². The largest absolute Gasteiger partial charge is 0.495 e. The van der Waals surface area contributed by atoms with Gasteiger partial charge >= 0.3 is 7.12 Å². The molecule has 22 heavy (non-hydrogen) atoms. The van der Waals surface area contributed by atoms with Gasteiger partial charge in [-0.3, -0.25) is 0 Å². The van der Waals surface area contributed by atoms with Crippen molar-refractivity contribution in [3.63, 3.8) is 0 Å². The quantitative estimate of drug-likeness (QED) is 0.867. The summed E-state index contributed by atoms with van der Waals surface area (Å²) in [6.45, 7) is 9.49. The Bertz CT molecular complexity index is 707. The lowest BCUT2D eigenvalue weighted by Gasteiger charge is -2.32. The maximum atomic E-state index is 14.1. The highest BCUT2D eigenvalue weighted by atomic mass is 19.1. The first kappa shape index (κ1) is 15.5. The molecule has 0 saturated carbocycles. The van der Waals surface area contributed by atoms with Crippen LogP contribution in [0.2, 0.25) is 0 Å². The molecule has 1 saturated heterocycles. The zero-order valence-corrected chi connectivity index (χ0v) is 13.6. The second-order valence-corrected chi connectivity index (χ2v) is 6.87. The molecule has 0 aliphatic carbocycles. The maximum Gasteiger partial charge on any atom is 0.495 e. The summed E-state index contributed by atoms with van der Waals surface area (Å²) in [5.74, 6) is -0.377. The monoisotopic (exact) mass is 305 g/mol. The van der Waals surface area contributed by atoms with Gasteiger partial charge in [-0.25, -0.2) is 4.39 Å². The molecule has 2 heterocycles. The lowest BCUT2D eigenvalue weighted by atomic mass is 9.77. The van der Waals surface area contributed by atoms with Crippen molar-refractivity contribution in [2.75, 3.05) is 0 Å². The van der Waals surface area contributed by atoms with Crippen molar-refractivity contribution < 1.29 is 18.8 Å². The predicted octanol–water partition coefficient (Wildman–Crippen LogP) is 2.59. The van der Waals surface area contributed by atoms with Crippen molar-refractivity contribution >= 4 is 23.5 Å². The molecule has 1 fully saturated rings.